The topological polar surface area (TPSA) is 30.2 Å². The molecule has 1 heterocycles. The van der Waals surface area contributed by atoms with Gasteiger partial charge in [-0.15, -0.1) is 0 Å². The summed E-state index contributed by atoms with van der Waals surface area (Å²) in [5, 5.41) is 0.816. The Morgan fingerprint density at radius 1 is 1.20 bits per heavy atom. The lowest BCUT2D eigenvalue weighted by molar-refractivity contribution is 0.101. The van der Waals surface area contributed by atoms with Crippen LogP contribution in [0.4, 0.5) is 4.39 Å². The minimum Gasteiger partial charge on any atom is -0.452 e. The second kappa shape index (κ2) is 4.87. The van der Waals surface area contributed by atoms with Gasteiger partial charge in [0.05, 0.1) is 5.56 Å². The van der Waals surface area contributed by atoms with Crippen molar-refractivity contribution in [2.75, 3.05) is 0 Å². The van der Waals surface area contributed by atoms with Crippen LogP contribution < -0.4 is 0 Å². The Morgan fingerprint density at radius 3 is 2.70 bits per heavy atom. The van der Waals surface area contributed by atoms with Crippen molar-refractivity contribution in [3.05, 3.63) is 69.6 Å². The van der Waals surface area contributed by atoms with Crippen molar-refractivity contribution in [1.29, 1.82) is 0 Å². The molecule has 0 bridgehead atoms. The number of halogens is 2. The third kappa shape index (κ3) is 2.16. The van der Waals surface area contributed by atoms with E-state index in [1.807, 2.05) is 19.1 Å². The second-order valence-electron chi connectivity index (χ2n) is 4.56. The van der Waals surface area contributed by atoms with E-state index in [4.69, 9.17) is 4.42 Å². The van der Waals surface area contributed by atoms with Crippen molar-refractivity contribution < 1.29 is 13.6 Å². The fraction of sp³-hybridized carbons (Fsp3) is 0.0625. The number of rotatable bonds is 2. The van der Waals surface area contributed by atoms with Crippen LogP contribution in [0.15, 0.2) is 51.4 Å². The Labute approximate surface area is 123 Å². The van der Waals surface area contributed by atoms with Crippen LogP contribution in [0.1, 0.15) is 21.7 Å². The fourth-order valence-electron chi connectivity index (χ4n) is 2.17. The lowest BCUT2D eigenvalue weighted by atomic mass is 10.1. The standard InChI is InChI=1S/C16H10BrFO2/c1-9-6-11(17)7-10-8-14(20-16(9)10)15(19)12-4-2-3-5-13(12)18/h2-8H,1H3. The quantitative estimate of drug-likeness (QED) is 0.626. The van der Waals surface area contributed by atoms with E-state index in [0.29, 0.717) is 5.58 Å². The SMILES string of the molecule is Cc1cc(Br)cc2cc(C(=O)c3ccccc3F)oc12. The maximum absolute atomic E-state index is 13.7. The monoisotopic (exact) mass is 332 g/mol. The summed E-state index contributed by atoms with van der Waals surface area (Å²) in [5.41, 5.74) is 1.58. The normalized spacial score (nSPS) is 10.9. The number of fused-ring (bicyclic) bond motifs is 1. The molecule has 1 aromatic heterocycles. The van der Waals surface area contributed by atoms with Gasteiger partial charge >= 0.3 is 0 Å². The Balaban J connectivity index is 2.14. The highest BCUT2D eigenvalue weighted by molar-refractivity contribution is 9.10. The molecule has 0 aliphatic heterocycles. The highest BCUT2D eigenvalue weighted by Gasteiger charge is 2.18. The maximum Gasteiger partial charge on any atom is 0.231 e. The average molecular weight is 333 g/mol. The molecule has 0 spiro atoms. The summed E-state index contributed by atoms with van der Waals surface area (Å²) >= 11 is 3.40. The molecule has 0 unspecified atom stereocenters. The molecule has 2 aromatic carbocycles. The summed E-state index contributed by atoms with van der Waals surface area (Å²) in [6.45, 7) is 1.90. The fourth-order valence-corrected chi connectivity index (χ4v) is 2.76. The molecule has 0 aliphatic rings. The van der Waals surface area contributed by atoms with Gasteiger partial charge in [0, 0.05) is 9.86 Å². The van der Waals surface area contributed by atoms with Gasteiger partial charge in [0.25, 0.3) is 0 Å². The van der Waals surface area contributed by atoms with Crippen LogP contribution in [0.25, 0.3) is 11.0 Å². The van der Waals surface area contributed by atoms with E-state index in [-0.39, 0.29) is 11.3 Å². The summed E-state index contributed by atoms with van der Waals surface area (Å²) in [7, 11) is 0. The van der Waals surface area contributed by atoms with Crippen molar-refractivity contribution in [3.63, 3.8) is 0 Å². The van der Waals surface area contributed by atoms with Gasteiger partial charge in [0.2, 0.25) is 5.78 Å². The lowest BCUT2D eigenvalue weighted by Crippen LogP contribution is -2.02. The Morgan fingerprint density at radius 2 is 1.95 bits per heavy atom. The number of hydrogen-bond donors (Lipinski definition) is 0. The van der Waals surface area contributed by atoms with E-state index < -0.39 is 11.6 Å². The van der Waals surface area contributed by atoms with Crippen LogP contribution in [0.5, 0.6) is 0 Å². The first-order valence-corrected chi connectivity index (χ1v) is 6.84. The highest BCUT2D eigenvalue weighted by atomic mass is 79.9. The molecule has 0 atom stereocenters. The molecule has 2 nitrogen and oxygen atoms in total. The van der Waals surface area contributed by atoms with Gasteiger partial charge in [-0.2, -0.15) is 0 Å². The van der Waals surface area contributed by atoms with Gasteiger partial charge in [0.15, 0.2) is 5.76 Å². The van der Waals surface area contributed by atoms with E-state index in [1.54, 1.807) is 18.2 Å². The van der Waals surface area contributed by atoms with Crippen molar-refractivity contribution >= 4 is 32.7 Å². The highest BCUT2D eigenvalue weighted by Crippen LogP contribution is 2.28. The zero-order valence-electron chi connectivity index (χ0n) is 10.6. The predicted octanol–water partition coefficient (Wildman–Crippen LogP) is 4.87. The molecule has 100 valence electrons. The number of hydrogen-bond acceptors (Lipinski definition) is 2. The van der Waals surface area contributed by atoms with Crippen LogP contribution in [0.2, 0.25) is 0 Å². The van der Waals surface area contributed by atoms with Gasteiger partial charge < -0.3 is 4.42 Å². The Bertz CT molecular complexity index is 820. The molecule has 0 fully saturated rings. The summed E-state index contributed by atoms with van der Waals surface area (Å²) in [6.07, 6.45) is 0. The number of carbonyl (C=O) groups excluding carboxylic acids is 1. The van der Waals surface area contributed by atoms with Gasteiger partial charge in [-0.3, -0.25) is 4.79 Å². The van der Waals surface area contributed by atoms with E-state index >= 15 is 0 Å². The van der Waals surface area contributed by atoms with E-state index in [1.165, 1.54) is 12.1 Å². The number of furan rings is 1. The molecule has 4 heteroatoms. The van der Waals surface area contributed by atoms with E-state index in [2.05, 4.69) is 15.9 Å². The first kappa shape index (κ1) is 13.1. The van der Waals surface area contributed by atoms with Crippen LogP contribution in [-0.2, 0) is 0 Å². The molecule has 0 N–H and O–H groups in total. The molecule has 0 amide bonds. The second-order valence-corrected chi connectivity index (χ2v) is 5.48. The molecule has 0 saturated heterocycles. The van der Waals surface area contributed by atoms with Crippen molar-refractivity contribution in [3.8, 4) is 0 Å². The van der Waals surface area contributed by atoms with Crippen LogP contribution in [0, 0.1) is 12.7 Å². The van der Waals surface area contributed by atoms with Crippen LogP contribution in [0.3, 0.4) is 0 Å². The first-order chi connectivity index (χ1) is 9.56. The zero-order valence-corrected chi connectivity index (χ0v) is 12.2. The van der Waals surface area contributed by atoms with Crippen LogP contribution in [-0.4, -0.2) is 5.78 Å². The maximum atomic E-state index is 13.7. The molecule has 3 rings (SSSR count). The Kier molecular flexibility index (Phi) is 3.18. The van der Waals surface area contributed by atoms with Gasteiger partial charge in [0.1, 0.15) is 11.4 Å². The molecule has 0 radical (unpaired) electrons. The number of carbonyl (C=O) groups is 1. The summed E-state index contributed by atoms with van der Waals surface area (Å²) < 4.78 is 20.2. The smallest absolute Gasteiger partial charge is 0.231 e. The predicted molar refractivity (Wildman–Crippen MR) is 78.5 cm³/mol. The third-order valence-corrected chi connectivity index (χ3v) is 3.57. The van der Waals surface area contributed by atoms with Crippen molar-refractivity contribution in [1.82, 2.24) is 0 Å². The number of benzene rings is 2. The zero-order chi connectivity index (χ0) is 14.3. The van der Waals surface area contributed by atoms with Crippen molar-refractivity contribution in [2.24, 2.45) is 0 Å². The van der Waals surface area contributed by atoms with Crippen LogP contribution >= 0.6 is 15.9 Å². The molecular formula is C16H10BrFO2. The first-order valence-electron chi connectivity index (χ1n) is 6.05. The molecule has 0 aliphatic carbocycles. The lowest BCUT2D eigenvalue weighted by Gasteiger charge is -1.98. The van der Waals surface area contributed by atoms with Gasteiger partial charge in [-0.25, -0.2) is 4.39 Å². The number of ketones is 1. The van der Waals surface area contributed by atoms with E-state index in [9.17, 15) is 9.18 Å². The van der Waals surface area contributed by atoms with E-state index in [0.717, 1.165) is 15.4 Å². The molecular weight excluding hydrogens is 323 g/mol. The summed E-state index contributed by atoms with van der Waals surface area (Å²) in [6, 6.07) is 11.3. The number of aryl methyl sites for hydroxylation is 1. The summed E-state index contributed by atoms with van der Waals surface area (Å²) in [4.78, 5) is 12.3. The molecule has 3 aromatic rings. The largest absolute Gasteiger partial charge is 0.452 e. The van der Waals surface area contributed by atoms with Crippen molar-refractivity contribution in [2.45, 2.75) is 6.92 Å². The van der Waals surface area contributed by atoms with Gasteiger partial charge in [-0.05, 0) is 42.8 Å². The minimum atomic E-state index is -0.546. The average Bonchev–Trinajstić information content (AvgIpc) is 2.82. The third-order valence-electron chi connectivity index (χ3n) is 3.11. The molecule has 0 saturated carbocycles. The molecule has 20 heavy (non-hydrogen) atoms. The van der Waals surface area contributed by atoms with Gasteiger partial charge in [-0.1, -0.05) is 28.1 Å². The Hall–Kier alpha value is -1.94. The summed E-state index contributed by atoms with van der Waals surface area (Å²) in [5.74, 6) is -0.850. The minimum absolute atomic E-state index is 0.0169.